The largest absolute Gasteiger partial charge is 0.321 e. The van der Waals surface area contributed by atoms with E-state index in [-0.39, 0.29) is 16.1 Å². The zero-order chi connectivity index (χ0) is 14.0. The number of nitrogens with zero attached hydrogens (tertiary/aromatic N) is 1. The van der Waals surface area contributed by atoms with Gasteiger partial charge in [-0.3, -0.25) is 4.79 Å². The fourth-order valence-electron chi connectivity index (χ4n) is 1.46. The maximum atomic E-state index is 12.0. The lowest BCUT2D eigenvalue weighted by molar-refractivity contribution is 0.102. The average Bonchev–Trinajstić information content (AvgIpc) is 2.36. The van der Waals surface area contributed by atoms with Crippen LogP contribution in [0.15, 0.2) is 34.9 Å². The number of carbonyl (C=O) groups is 1. The summed E-state index contributed by atoms with van der Waals surface area (Å²) in [5.74, 6) is -0.296. The van der Waals surface area contributed by atoms with Crippen molar-refractivity contribution in [2.45, 2.75) is 6.92 Å². The van der Waals surface area contributed by atoms with Crippen molar-refractivity contribution < 1.29 is 4.79 Å². The second-order valence-corrected chi connectivity index (χ2v) is 5.55. The van der Waals surface area contributed by atoms with Gasteiger partial charge in [-0.25, -0.2) is 4.98 Å². The highest BCUT2D eigenvalue weighted by Gasteiger charge is 2.11. The zero-order valence-corrected chi connectivity index (χ0v) is 13.0. The Labute approximate surface area is 129 Å². The summed E-state index contributed by atoms with van der Waals surface area (Å²) in [6, 6.07) is 7.13. The topological polar surface area (TPSA) is 42.0 Å². The van der Waals surface area contributed by atoms with Crippen LogP contribution in [0, 0.1) is 6.92 Å². The van der Waals surface area contributed by atoms with Crippen LogP contribution in [0.2, 0.25) is 10.2 Å². The predicted octanol–water partition coefficient (Wildman–Crippen LogP) is 4.71. The number of nitrogens with one attached hydrogen (secondary N) is 1. The number of aromatic nitrogens is 1. The number of hydrogen-bond acceptors (Lipinski definition) is 2. The van der Waals surface area contributed by atoms with E-state index in [1.54, 1.807) is 0 Å². The molecule has 1 aromatic heterocycles. The maximum absolute atomic E-state index is 12.0. The van der Waals surface area contributed by atoms with Gasteiger partial charge in [-0.05, 0) is 46.6 Å². The number of anilines is 1. The number of halogens is 3. The number of amides is 1. The Kier molecular flexibility index (Phi) is 4.45. The van der Waals surface area contributed by atoms with E-state index in [1.165, 1.54) is 12.3 Å². The van der Waals surface area contributed by atoms with Crippen molar-refractivity contribution in [1.82, 2.24) is 4.98 Å². The van der Waals surface area contributed by atoms with Crippen LogP contribution in [0.1, 0.15) is 15.9 Å². The molecule has 98 valence electrons. The minimum absolute atomic E-state index is 0.176. The Morgan fingerprint density at radius 1 is 1.32 bits per heavy atom. The summed E-state index contributed by atoms with van der Waals surface area (Å²) < 4.78 is 0.814. The molecule has 2 rings (SSSR count). The van der Waals surface area contributed by atoms with Crippen molar-refractivity contribution >= 4 is 50.7 Å². The molecule has 0 aliphatic heterocycles. The quantitative estimate of drug-likeness (QED) is 0.789. The summed E-state index contributed by atoms with van der Waals surface area (Å²) in [6.45, 7) is 1.97. The van der Waals surface area contributed by atoms with Crippen LogP contribution in [-0.4, -0.2) is 10.9 Å². The van der Waals surface area contributed by atoms with Crippen molar-refractivity contribution in [2.24, 2.45) is 0 Å². The van der Waals surface area contributed by atoms with Crippen LogP contribution in [0.3, 0.4) is 0 Å². The van der Waals surface area contributed by atoms with Crippen molar-refractivity contribution in [3.8, 4) is 0 Å². The number of rotatable bonds is 2. The lowest BCUT2D eigenvalue weighted by Gasteiger charge is -2.08. The number of carbonyl (C=O) groups excluding carboxylic acids is 1. The molecule has 0 saturated heterocycles. The van der Waals surface area contributed by atoms with Crippen LogP contribution in [0.25, 0.3) is 0 Å². The van der Waals surface area contributed by atoms with Gasteiger partial charge in [-0.1, -0.05) is 29.3 Å². The maximum Gasteiger partial charge on any atom is 0.257 e. The Balaban J connectivity index is 2.23. The van der Waals surface area contributed by atoms with Gasteiger partial charge in [0.2, 0.25) is 0 Å². The minimum Gasteiger partial charge on any atom is -0.321 e. The Morgan fingerprint density at radius 2 is 2.05 bits per heavy atom. The molecule has 19 heavy (non-hydrogen) atoms. The van der Waals surface area contributed by atoms with Crippen molar-refractivity contribution in [1.29, 1.82) is 0 Å². The third-order valence-electron chi connectivity index (χ3n) is 2.43. The first-order valence-electron chi connectivity index (χ1n) is 5.36. The van der Waals surface area contributed by atoms with E-state index >= 15 is 0 Å². The lowest BCUT2D eigenvalue weighted by Crippen LogP contribution is -2.12. The molecule has 0 spiro atoms. The van der Waals surface area contributed by atoms with E-state index in [1.807, 2.05) is 25.1 Å². The van der Waals surface area contributed by atoms with Gasteiger partial charge >= 0.3 is 0 Å². The molecule has 2 aromatic rings. The van der Waals surface area contributed by atoms with Crippen LogP contribution in [0.5, 0.6) is 0 Å². The molecule has 6 heteroatoms. The molecule has 0 aliphatic carbocycles. The minimum atomic E-state index is -0.296. The first kappa shape index (κ1) is 14.3. The third kappa shape index (κ3) is 3.47. The van der Waals surface area contributed by atoms with E-state index in [0.29, 0.717) is 11.3 Å². The second-order valence-electron chi connectivity index (χ2n) is 3.93. The Morgan fingerprint density at radius 3 is 2.68 bits per heavy atom. The summed E-state index contributed by atoms with van der Waals surface area (Å²) in [6.07, 6.45) is 1.38. The molecular weight excluding hydrogens is 351 g/mol. The summed E-state index contributed by atoms with van der Waals surface area (Å²) in [4.78, 5) is 15.9. The van der Waals surface area contributed by atoms with E-state index in [9.17, 15) is 4.79 Å². The van der Waals surface area contributed by atoms with E-state index < -0.39 is 0 Å². The van der Waals surface area contributed by atoms with Gasteiger partial charge in [0.25, 0.3) is 5.91 Å². The number of pyridine rings is 1. The predicted molar refractivity (Wildman–Crippen MR) is 81.1 cm³/mol. The van der Waals surface area contributed by atoms with Gasteiger partial charge in [0, 0.05) is 10.7 Å². The smallest absolute Gasteiger partial charge is 0.257 e. The highest BCUT2D eigenvalue weighted by atomic mass is 79.9. The molecule has 1 N–H and O–H groups in total. The SMILES string of the molecule is Cc1ccc(NC(=O)c2cnc(Cl)c(Cl)c2)c(Br)c1. The van der Waals surface area contributed by atoms with Gasteiger partial charge in [-0.15, -0.1) is 0 Å². The number of aryl methyl sites for hydroxylation is 1. The van der Waals surface area contributed by atoms with Crippen LogP contribution in [0.4, 0.5) is 5.69 Å². The molecule has 1 heterocycles. The van der Waals surface area contributed by atoms with Gasteiger partial charge in [-0.2, -0.15) is 0 Å². The molecule has 0 fully saturated rings. The fraction of sp³-hybridized carbons (Fsp3) is 0.0769. The summed E-state index contributed by atoms with van der Waals surface area (Å²) >= 11 is 14.9. The number of benzene rings is 1. The standard InChI is InChI=1S/C13H9BrCl2N2O/c1-7-2-3-11(9(14)4-7)18-13(19)8-5-10(15)12(16)17-6-8/h2-6H,1H3,(H,18,19). The van der Waals surface area contributed by atoms with Crippen molar-refractivity contribution in [3.63, 3.8) is 0 Å². The van der Waals surface area contributed by atoms with Crippen molar-refractivity contribution in [2.75, 3.05) is 5.32 Å². The molecule has 0 unspecified atom stereocenters. The summed E-state index contributed by atoms with van der Waals surface area (Å²) in [7, 11) is 0. The van der Waals surface area contributed by atoms with Gasteiger partial charge in [0.05, 0.1) is 16.3 Å². The Bertz CT molecular complexity index is 647. The first-order chi connectivity index (χ1) is 8.97. The normalized spacial score (nSPS) is 10.3. The zero-order valence-electron chi connectivity index (χ0n) is 9.88. The van der Waals surface area contributed by atoms with E-state index in [4.69, 9.17) is 23.2 Å². The van der Waals surface area contributed by atoms with Crippen LogP contribution < -0.4 is 5.32 Å². The molecule has 1 amide bonds. The van der Waals surface area contributed by atoms with Gasteiger partial charge < -0.3 is 5.32 Å². The molecule has 0 atom stereocenters. The lowest BCUT2D eigenvalue weighted by atomic mass is 10.2. The van der Waals surface area contributed by atoms with Crippen molar-refractivity contribution in [3.05, 3.63) is 56.2 Å². The van der Waals surface area contributed by atoms with E-state index in [2.05, 4.69) is 26.2 Å². The van der Waals surface area contributed by atoms with Crippen LogP contribution in [-0.2, 0) is 0 Å². The number of hydrogen-bond donors (Lipinski definition) is 1. The fourth-order valence-corrected chi connectivity index (χ4v) is 2.32. The van der Waals surface area contributed by atoms with Gasteiger partial charge in [0.15, 0.2) is 0 Å². The average molecular weight is 360 g/mol. The molecule has 0 radical (unpaired) electrons. The van der Waals surface area contributed by atoms with E-state index in [0.717, 1.165) is 10.0 Å². The monoisotopic (exact) mass is 358 g/mol. The van der Waals surface area contributed by atoms with Crippen LogP contribution >= 0.6 is 39.1 Å². The second kappa shape index (κ2) is 5.90. The summed E-state index contributed by atoms with van der Waals surface area (Å²) in [5, 5.41) is 3.20. The molecule has 0 bridgehead atoms. The molecule has 3 nitrogen and oxygen atoms in total. The molecule has 0 saturated carbocycles. The van der Waals surface area contributed by atoms with Gasteiger partial charge in [0.1, 0.15) is 5.15 Å². The summed E-state index contributed by atoms with van der Waals surface area (Å²) in [5.41, 5.74) is 2.13. The molecule has 0 aliphatic rings. The Hall–Kier alpha value is -1.10. The first-order valence-corrected chi connectivity index (χ1v) is 6.91. The highest BCUT2D eigenvalue weighted by molar-refractivity contribution is 9.10. The highest BCUT2D eigenvalue weighted by Crippen LogP contribution is 2.25. The molecular formula is C13H9BrCl2N2O. The third-order valence-corrected chi connectivity index (χ3v) is 3.77. The molecule has 1 aromatic carbocycles.